The van der Waals surface area contributed by atoms with Crippen LogP contribution in [0.1, 0.15) is 29.2 Å². The van der Waals surface area contributed by atoms with E-state index in [4.69, 9.17) is 4.74 Å². The summed E-state index contributed by atoms with van der Waals surface area (Å²) in [6, 6.07) is 12.4. The number of aliphatic hydroxyl groups excluding tert-OH is 1. The summed E-state index contributed by atoms with van der Waals surface area (Å²) in [5.74, 6) is 0.747. The van der Waals surface area contributed by atoms with Crippen molar-refractivity contribution in [3.8, 4) is 5.75 Å². The molecule has 0 heterocycles. The maximum absolute atomic E-state index is 9.42. The van der Waals surface area contributed by atoms with Crippen molar-refractivity contribution in [3.63, 3.8) is 0 Å². The zero-order valence-electron chi connectivity index (χ0n) is 12.9. The largest absolute Gasteiger partial charge is 0.494 e. The molecule has 0 unspecified atom stereocenters. The lowest BCUT2D eigenvalue weighted by Gasteiger charge is -2.12. The normalized spacial score (nSPS) is 10.5. The van der Waals surface area contributed by atoms with Crippen molar-refractivity contribution in [1.29, 1.82) is 0 Å². The van der Waals surface area contributed by atoms with E-state index in [0.717, 1.165) is 23.5 Å². The molecule has 0 aromatic heterocycles. The lowest BCUT2D eigenvalue weighted by atomic mass is 10.1. The van der Waals surface area contributed by atoms with Crippen LogP contribution in [0.5, 0.6) is 5.75 Å². The van der Waals surface area contributed by atoms with Crippen LogP contribution in [0.4, 0.5) is 5.69 Å². The van der Waals surface area contributed by atoms with Gasteiger partial charge in [-0.2, -0.15) is 0 Å². The number of ether oxygens (including phenoxy) is 1. The summed E-state index contributed by atoms with van der Waals surface area (Å²) in [4.78, 5) is 0. The summed E-state index contributed by atoms with van der Waals surface area (Å²) in [6.45, 7) is 7.50. The summed E-state index contributed by atoms with van der Waals surface area (Å²) in [6.07, 6.45) is 0. The van der Waals surface area contributed by atoms with Crippen molar-refractivity contribution >= 4 is 5.69 Å². The minimum atomic E-state index is -0.0194. The van der Waals surface area contributed by atoms with Gasteiger partial charge >= 0.3 is 0 Å². The van der Waals surface area contributed by atoms with Crippen LogP contribution >= 0.6 is 0 Å². The first-order chi connectivity index (χ1) is 10.1. The predicted octanol–water partition coefficient (Wildman–Crippen LogP) is 3.81. The fourth-order valence-electron chi connectivity index (χ4n) is 2.48. The molecule has 0 aliphatic carbocycles. The Morgan fingerprint density at radius 1 is 1.05 bits per heavy atom. The second kappa shape index (κ2) is 7.14. The van der Waals surface area contributed by atoms with Crippen LogP contribution in [-0.4, -0.2) is 11.7 Å². The number of aliphatic hydroxyl groups is 1. The Morgan fingerprint density at radius 3 is 2.38 bits per heavy atom. The minimum absolute atomic E-state index is 0.0194. The van der Waals surface area contributed by atoms with Gasteiger partial charge in [-0.25, -0.2) is 0 Å². The molecule has 2 N–H and O–H groups in total. The molecule has 2 rings (SSSR count). The van der Waals surface area contributed by atoms with Gasteiger partial charge in [-0.3, -0.25) is 0 Å². The van der Waals surface area contributed by atoms with Crippen LogP contribution in [-0.2, 0) is 13.2 Å². The maximum atomic E-state index is 9.42. The van der Waals surface area contributed by atoms with Crippen molar-refractivity contribution in [3.05, 3.63) is 58.7 Å². The molecule has 2 aromatic rings. The molecule has 21 heavy (non-hydrogen) atoms. The van der Waals surface area contributed by atoms with Gasteiger partial charge in [0, 0.05) is 17.8 Å². The van der Waals surface area contributed by atoms with Crippen molar-refractivity contribution in [2.75, 3.05) is 11.9 Å². The van der Waals surface area contributed by atoms with Gasteiger partial charge in [-0.05, 0) is 44.5 Å². The van der Waals surface area contributed by atoms with E-state index >= 15 is 0 Å². The molecule has 0 saturated carbocycles. The Morgan fingerprint density at radius 2 is 1.76 bits per heavy atom. The highest BCUT2D eigenvalue weighted by Gasteiger charge is 2.04. The lowest BCUT2D eigenvalue weighted by molar-refractivity contribution is 0.267. The topological polar surface area (TPSA) is 41.5 Å². The van der Waals surface area contributed by atoms with E-state index in [9.17, 15) is 5.11 Å². The van der Waals surface area contributed by atoms with Gasteiger partial charge in [0.2, 0.25) is 0 Å². The highest BCUT2D eigenvalue weighted by atomic mass is 16.5. The van der Waals surface area contributed by atoms with E-state index in [1.807, 2.05) is 25.1 Å². The van der Waals surface area contributed by atoms with Crippen LogP contribution in [0.2, 0.25) is 0 Å². The Balaban J connectivity index is 2.09. The molecule has 0 atom stereocenters. The predicted molar refractivity (Wildman–Crippen MR) is 86.8 cm³/mol. The zero-order chi connectivity index (χ0) is 15.2. The van der Waals surface area contributed by atoms with E-state index in [2.05, 4.69) is 37.4 Å². The summed E-state index contributed by atoms with van der Waals surface area (Å²) in [5, 5.41) is 12.8. The fraction of sp³-hybridized carbons (Fsp3) is 0.333. The molecule has 0 amide bonds. The molecule has 0 radical (unpaired) electrons. The SMILES string of the molecule is CCOc1ccc(NCc2cc(C)cc(C)c2)cc1CO. The number of rotatable bonds is 6. The second-order valence-corrected chi connectivity index (χ2v) is 5.26. The third-order valence-electron chi connectivity index (χ3n) is 3.31. The van der Waals surface area contributed by atoms with E-state index < -0.39 is 0 Å². The molecule has 3 nitrogen and oxygen atoms in total. The molecule has 0 aliphatic rings. The van der Waals surface area contributed by atoms with Gasteiger partial charge in [-0.15, -0.1) is 0 Å². The Hall–Kier alpha value is -2.00. The van der Waals surface area contributed by atoms with Gasteiger partial charge in [-0.1, -0.05) is 29.3 Å². The van der Waals surface area contributed by atoms with Crippen molar-refractivity contribution < 1.29 is 9.84 Å². The number of benzene rings is 2. The molecule has 0 saturated heterocycles. The number of nitrogens with one attached hydrogen (secondary N) is 1. The molecular weight excluding hydrogens is 262 g/mol. The first-order valence-electron chi connectivity index (χ1n) is 7.30. The van der Waals surface area contributed by atoms with Gasteiger partial charge < -0.3 is 15.2 Å². The molecule has 0 aliphatic heterocycles. The number of aryl methyl sites for hydroxylation is 2. The average molecular weight is 285 g/mol. The van der Waals surface area contributed by atoms with Crippen molar-refractivity contribution in [1.82, 2.24) is 0 Å². The Labute approximate surface area is 126 Å². The van der Waals surface area contributed by atoms with Crippen LogP contribution in [0.25, 0.3) is 0 Å². The van der Waals surface area contributed by atoms with Crippen LogP contribution in [0.15, 0.2) is 36.4 Å². The first-order valence-corrected chi connectivity index (χ1v) is 7.30. The lowest BCUT2D eigenvalue weighted by Crippen LogP contribution is -2.02. The summed E-state index contributed by atoms with van der Waals surface area (Å²) in [5.41, 5.74) is 5.60. The third-order valence-corrected chi connectivity index (χ3v) is 3.31. The van der Waals surface area contributed by atoms with Crippen LogP contribution in [0.3, 0.4) is 0 Å². The second-order valence-electron chi connectivity index (χ2n) is 5.26. The number of hydrogen-bond acceptors (Lipinski definition) is 3. The monoisotopic (exact) mass is 285 g/mol. The van der Waals surface area contributed by atoms with Gasteiger partial charge in [0.25, 0.3) is 0 Å². The molecule has 0 spiro atoms. The highest BCUT2D eigenvalue weighted by molar-refractivity contribution is 5.51. The maximum Gasteiger partial charge on any atom is 0.124 e. The van der Waals surface area contributed by atoms with Gasteiger partial charge in [0.05, 0.1) is 13.2 Å². The van der Waals surface area contributed by atoms with E-state index in [1.54, 1.807) is 0 Å². The molecule has 0 fully saturated rings. The average Bonchev–Trinajstić information content (AvgIpc) is 2.45. The first kappa shape index (κ1) is 15.4. The van der Waals surface area contributed by atoms with Crippen LogP contribution < -0.4 is 10.1 Å². The third kappa shape index (κ3) is 4.23. The number of anilines is 1. The Bertz CT molecular complexity index is 588. The standard InChI is InChI=1S/C18H23NO2/c1-4-21-18-6-5-17(10-16(18)12-20)19-11-15-8-13(2)7-14(3)9-15/h5-10,19-20H,4,11-12H2,1-3H3. The van der Waals surface area contributed by atoms with Crippen molar-refractivity contribution in [2.24, 2.45) is 0 Å². The molecule has 3 heteroatoms. The van der Waals surface area contributed by atoms with Crippen LogP contribution in [0, 0.1) is 13.8 Å². The minimum Gasteiger partial charge on any atom is -0.494 e. The molecule has 112 valence electrons. The van der Waals surface area contributed by atoms with Crippen molar-refractivity contribution in [2.45, 2.75) is 33.9 Å². The van der Waals surface area contributed by atoms with E-state index in [0.29, 0.717) is 6.61 Å². The van der Waals surface area contributed by atoms with Gasteiger partial charge in [0.1, 0.15) is 5.75 Å². The fourth-order valence-corrected chi connectivity index (χ4v) is 2.48. The van der Waals surface area contributed by atoms with E-state index in [1.165, 1.54) is 16.7 Å². The quantitative estimate of drug-likeness (QED) is 0.848. The summed E-state index contributed by atoms with van der Waals surface area (Å²) < 4.78 is 5.49. The molecule has 0 bridgehead atoms. The molecule has 2 aromatic carbocycles. The molecular formula is C18H23NO2. The highest BCUT2D eigenvalue weighted by Crippen LogP contribution is 2.23. The van der Waals surface area contributed by atoms with Gasteiger partial charge in [0.15, 0.2) is 0 Å². The Kier molecular flexibility index (Phi) is 5.23. The summed E-state index contributed by atoms with van der Waals surface area (Å²) >= 11 is 0. The zero-order valence-corrected chi connectivity index (χ0v) is 12.9. The summed E-state index contributed by atoms with van der Waals surface area (Å²) in [7, 11) is 0. The smallest absolute Gasteiger partial charge is 0.124 e. The van der Waals surface area contributed by atoms with E-state index in [-0.39, 0.29) is 6.61 Å². The number of hydrogen-bond donors (Lipinski definition) is 2.